The van der Waals surface area contributed by atoms with Gasteiger partial charge in [-0.2, -0.15) is 0 Å². The molecule has 0 spiro atoms. The van der Waals surface area contributed by atoms with Crippen LogP contribution in [0.4, 0.5) is 0 Å². The lowest BCUT2D eigenvalue weighted by Crippen LogP contribution is -2.59. The first-order valence-electron chi connectivity index (χ1n) is 20.9. The molecule has 1 aromatic rings. The van der Waals surface area contributed by atoms with Crippen molar-refractivity contribution in [3.8, 4) is 5.75 Å². The third-order valence-corrected chi connectivity index (χ3v) is 13.5. The molecule has 58 heavy (non-hydrogen) atoms. The number of fused-ring (bicyclic) bond motifs is 2. The number of rotatable bonds is 6. The van der Waals surface area contributed by atoms with Gasteiger partial charge in [0.2, 0.25) is 23.6 Å². The first-order chi connectivity index (χ1) is 27.4. The molecule has 10 atom stereocenters. The molecule has 2 N–H and O–H groups in total. The number of hydrogen-bond acceptors (Lipinski definition) is 10. The Bertz CT molecular complexity index is 1680. The lowest BCUT2D eigenvalue weighted by atomic mass is 9.89. The number of aliphatic hydroxyl groups excluding tert-OH is 1. The van der Waals surface area contributed by atoms with Gasteiger partial charge in [0.25, 0.3) is 0 Å². The zero-order valence-corrected chi connectivity index (χ0v) is 37.2. The number of aliphatic imine (C=N–C) groups is 1. The number of methoxy groups -OCH3 is 1. The molecular weight excluding hydrogens is 759 g/mol. The van der Waals surface area contributed by atoms with Gasteiger partial charge in [0.15, 0.2) is 0 Å². The van der Waals surface area contributed by atoms with Crippen molar-refractivity contribution in [1.29, 1.82) is 0 Å². The van der Waals surface area contributed by atoms with Crippen LogP contribution < -0.4 is 10.1 Å². The minimum Gasteiger partial charge on any atom is -0.497 e. The van der Waals surface area contributed by atoms with Gasteiger partial charge in [-0.15, -0.1) is 11.8 Å². The number of nitrogens with zero attached hydrogens (tertiary/aromatic N) is 4. The van der Waals surface area contributed by atoms with Gasteiger partial charge in [0.05, 0.1) is 24.3 Å². The van der Waals surface area contributed by atoms with Crippen molar-refractivity contribution in [2.24, 2.45) is 28.7 Å². The number of ether oxygens (including phenoxy) is 2. The molecule has 0 aliphatic carbocycles. The summed E-state index contributed by atoms with van der Waals surface area (Å²) in [6.45, 7) is 15.5. The quantitative estimate of drug-likeness (QED) is 0.382. The van der Waals surface area contributed by atoms with Crippen LogP contribution in [0.5, 0.6) is 5.75 Å². The molecular formula is C44H67N5O8S. The van der Waals surface area contributed by atoms with Crippen LogP contribution in [0.1, 0.15) is 93.1 Å². The third-order valence-electron chi connectivity index (χ3n) is 12.2. The molecule has 13 nitrogen and oxygen atoms in total. The van der Waals surface area contributed by atoms with Crippen LogP contribution in [-0.2, 0) is 35.1 Å². The van der Waals surface area contributed by atoms with Crippen molar-refractivity contribution in [1.82, 2.24) is 20.0 Å². The fourth-order valence-corrected chi connectivity index (χ4v) is 9.17. The lowest BCUT2D eigenvalue weighted by molar-refractivity contribution is -0.163. The largest absolute Gasteiger partial charge is 0.497 e. The Morgan fingerprint density at radius 2 is 1.66 bits per heavy atom. The molecule has 3 aliphatic heterocycles. The van der Waals surface area contributed by atoms with Gasteiger partial charge in [0.1, 0.15) is 36.0 Å². The minimum absolute atomic E-state index is 0.00511. The molecule has 2 bridgehead atoms. The highest BCUT2D eigenvalue weighted by Gasteiger charge is 2.44. The van der Waals surface area contributed by atoms with E-state index in [-0.39, 0.29) is 42.0 Å². The van der Waals surface area contributed by atoms with Crippen LogP contribution in [0, 0.1) is 23.7 Å². The Hall–Kier alpha value is -3.91. The number of amides is 4. The zero-order chi connectivity index (χ0) is 43.0. The van der Waals surface area contributed by atoms with Crippen molar-refractivity contribution in [3.05, 3.63) is 41.5 Å². The summed E-state index contributed by atoms with van der Waals surface area (Å²) in [5, 5.41) is 15.1. The lowest BCUT2D eigenvalue weighted by Gasteiger charge is -2.38. The van der Waals surface area contributed by atoms with E-state index in [2.05, 4.69) is 5.32 Å². The number of esters is 1. The minimum atomic E-state index is -1.03. The molecule has 0 aromatic heterocycles. The number of hydrogen-bond donors (Lipinski definition) is 2. The molecule has 3 heterocycles. The van der Waals surface area contributed by atoms with Gasteiger partial charge in [-0.3, -0.25) is 24.2 Å². The van der Waals surface area contributed by atoms with Crippen molar-refractivity contribution in [2.45, 2.75) is 136 Å². The van der Waals surface area contributed by atoms with Gasteiger partial charge in [-0.25, -0.2) is 4.79 Å². The second-order valence-electron chi connectivity index (χ2n) is 17.0. The highest BCUT2D eigenvalue weighted by atomic mass is 32.2. The molecule has 14 heteroatoms. The molecule has 1 aromatic carbocycles. The van der Waals surface area contributed by atoms with Crippen molar-refractivity contribution < 1.29 is 38.6 Å². The highest BCUT2D eigenvalue weighted by molar-refractivity contribution is 8.14. The Morgan fingerprint density at radius 3 is 2.28 bits per heavy atom. The molecule has 0 radical (unpaired) electrons. The van der Waals surface area contributed by atoms with Gasteiger partial charge >= 0.3 is 5.97 Å². The molecule has 0 unspecified atom stereocenters. The second-order valence-corrected chi connectivity index (χ2v) is 18.1. The van der Waals surface area contributed by atoms with E-state index in [4.69, 9.17) is 14.5 Å². The van der Waals surface area contributed by atoms with Gasteiger partial charge < -0.3 is 34.6 Å². The number of benzene rings is 1. The average molecular weight is 826 g/mol. The normalized spacial score (nSPS) is 31.8. The number of aliphatic hydroxyl groups is 1. The summed E-state index contributed by atoms with van der Waals surface area (Å²) < 4.78 is 11.5. The first kappa shape index (κ1) is 46.8. The third kappa shape index (κ3) is 11.4. The van der Waals surface area contributed by atoms with Crippen LogP contribution in [0.15, 0.2) is 40.9 Å². The maximum atomic E-state index is 14.5. The van der Waals surface area contributed by atoms with Crippen molar-refractivity contribution in [2.75, 3.05) is 33.5 Å². The number of nitrogens with one attached hydrogen (secondary N) is 1. The molecule has 4 amide bonds. The number of likely N-dealkylation sites (N-methyl/N-ethyl adjacent to an activating group) is 2. The molecule has 322 valence electrons. The fourth-order valence-electron chi connectivity index (χ4n) is 8.03. The molecule has 3 aliphatic rings. The highest BCUT2D eigenvalue weighted by Crippen LogP contribution is 2.31. The van der Waals surface area contributed by atoms with Crippen LogP contribution >= 0.6 is 11.8 Å². The maximum Gasteiger partial charge on any atom is 0.329 e. The maximum absolute atomic E-state index is 14.5. The first-order valence-corrected chi connectivity index (χ1v) is 21.9. The van der Waals surface area contributed by atoms with Crippen LogP contribution in [0.25, 0.3) is 0 Å². The summed E-state index contributed by atoms with van der Waals surface area (Å²) in [5.74, 6) is -1.35. The van der Waals surface area contributed by atoms with E-state index in [1.54, 1.807) is 62.9 Å². The van der Waals surface area contributed by atoms with E-state index in [1.165, 1.54) is 16.8 Å². The smallest absolute Gasteiger partial charge is 0.329 e. The van der Waals surface area contributed by atoms with E-state index in [9.17, 15) is 29.1 Å². The monoisotopic (exact) mass is 825 g/mol. The molecule has 0 saturated carbocycles. The summed E-state index contributed by atoms with van der Waals surface area (Å²) in [7, 11) is 4.67. The van der Waals surface area contributed by atoms with E-state index in [1.807, 2.05) is 53.7 Å². The van der Waals surface area contributed by atoms with Gasteiger partial charge in [-0.1, -0.05) is 66.2 Å². The summed E-state index contributed by atoms with van der Waals surface area (Å²) in [6.07, 6.45) is 3.52. The Kier molecular flexibility index (Phi) is 16.8. The molecule has 1 fully saturated rings. The summed E-state index contributed by atoms with van der Waals surface area (Å²) in [5.41, 5.74) is 1.17. The summed E-state index contributed by atoms with van der Waals surface area (Å²) in [6, 6.07) is 3.22. The number of cyclic esters (lactones) is 1. The average Bonchev–Trinajstić information content (AvgIpc) is 3.89. The second kappa shape index (κ2) is 20.9. The Morgan fingerprint density at radius 1 is 0.983 bits per heavy atom. The van der Waals surface area contributed by atoms with Crippen molar-refractivity contribution in [3.63, 3.8) is 0 Å². The summed E-state index contributed by atoms with van der Waals surface area (Å²) in [4.78, 5) is 80.1. The summed E-state index contributed by atoms with van der Waals surface area (Å²) >= 11 is 1.56. The number of carbonyl (C=O) groups excluding carboxylic acids is 5. The fraction of sp³-hybridized carbons (Fsp3) is 0.682. The SMILES string of the molecule is CC[C@H](C)[C@@H]1C(=O)N2CCC[C@H]2C(=O)O[C@H](C(C)C)C[C@@H](C)C[C@H](O)[C@H](C)C2=N[C@@H](/C=C(\C)C(=O)N[C@@H](Cc3ccc(OC)cc3)C(=O)N(C)[C@@H](C)C(=O)N1C)CS2. The molecule has 4 rings (SSSR count). The standard InChI is InChI=1S/C44H67N5O8S/c1-12-27(5)38-43(54)49-19-13-14-35(49)44(55)57-37(25(2)3)21-26(4)20-36(50)29(7)40-45-32(24-58-40)22-28(6)39(51)46-34(23-31-15-17-33(56-11)18-16-31)42(53)47(9)30(8)41(52)48(38)10/h15-18,22,25-27,29-30,32,34-38,50H,12-14,19-21,23-24H2,1-11H3,(H,46,51)/b28-22+/t26-,27-,29-,30-,32-,34-,35-,36-,37-,38+/m0/s1. The van der Waals surface area contributed by atoms with Crippen LogP contribution in [0.2, 0.25) is 0 Å². The van der Waals surface area contributed by atoms with E-state index in [0.717, 1.165) is 10.6 Å². The van der Waals surface area contributed by atoms with Crippen molar-refractivity contribution >= 4 is 46.4 Å². The zero-order valence-electron chi connectivity index (χ0n) is 36.4. The number of carbonyl (C=O) groups is 5. The van der Waals surface area contributed by atoms with E-state index < -0.39 is 60.1 Å². The van der Waals surface area contributed by atoms with E-state index >= 15 is 0 Å². The van der Waals surface area contributed by atoms with Gasteiger partial charge in [-0.05, 0) is 75.0 Å². The van der Waals surface area contributed by atoms with Gasteiger partial charge in [0, 0.05) is 44.3 Å². The Labute approximate surface area is 349 Å². The molecule has 1 saturated heterocycles. The van der Waals surface area contributed by atoms with Crippen LogP contribution in [0.3, 0.4) is 0 Å². The topological polar surface area (TPSA) is 158 Å². The van der Waals surface area contributed by atoms with E-state index in [0.29, 0.717) is 55.7 Å². The van der Waals surface area contributed by atoms with Crippen LogP contribution in [-0.4, -0.2) is 130 Å². The Balaban J connectivity index is 1.73. The predicted octanol–water partition coefficient (Wildman–Crippen LogP) is 4.89. The number of thioether (sulfide) groups is 1. The predicted molar refractivity (Wildman–Crippen MR) is 227 cm³/mol.